The molecule has 0 bridgehead atoms. The molecule has 0 unspecified atom stereocenters. The van der Waals surface area contributed by atoms with E-state index in [9.17, 15) is 9.90 Å². The molecular weight excluding hydrogens is 266 g/mol. The summed E-state index contributed by atoms with van der Waals surface area (Å²) in [5, 5.41) is 24.7. The molecule has 0 aliphatic heterocycles. The van der Waals surface area contributed by atoms with Gasteiger partial charge in [-0.2, -0.15) is 0 Å². The molecule has 1 fully saturated rings. The van der Waals surface area contributed by atoms with Crippen LogP contribution in [-0.4, -0.2) is 18.1 Å². The van der Waals surface area contributed by atoms with Crippen LogP contribution >= 0.6 is 11.6 Å². The molecule has 1 aliphatic rings. The van der Waals surface area contributed by atoms with Crippen molar-refractivity contribution in [3.8, 4) is 5.75 Å². The molecular formula is C14H17ClNO3-. The Kier molecular flexibility index (Phi) is 4.20. The summed E-state index contributed by atoms with van der Waals surface area (Å²) >= 11 is 6.11. The molecule has 0 radical (unpaired) electrons. The van der Waals surface area contributed by atoms with E-state index in [2.05, 4.69) is 5.32 Å². The van der Waals surface area contributed by atoms with Crippen LogP contribution in [0, 0.1) is 0 Å². The zero-order valence-electron chi connectivity index (χ0n) is 10.8. The standard InChI is InChI=1S/C14H18ClNO3/c1-16-12-10(15)7-9(14(18)19)13(17)11(12)8-5-3-2-4-6-8/h7-8,16-17H,2-6H2,1H3,(H,18,19)/p-1. The van der Waals surface area contributed by atoms with E-state index >= 15 is 0 Å². The fourth-order valence-corrected chi connectivity index (χ4v) is 3.15. The monoisotopic (exact) mass is 282 g/mol. The summed E-state index contributed by atoms with van der Waals surface area (Å²) in [6.45, 7) is 0. The minimum absolute atomic E-state index is 0.112. The molecule has 0 atom stereocenters. The topological polar surface area (TPSA) is 72.4 Å². The summed E-state index contributed by atoms with van der Waals surface area (Å²) in [6, 6.07) is 1.24. The Morgan fingerprint density at radius 2 is 2.05 bits per heavy atom. The van der Waals surface area contributed by atoms with E-state index in [0.29, 0.717) is 16.3 Å². The zero-order valence-corrected chi connectivity index (χ0v) is 11.6. The van der Waals surface area contributed by atoms with Gasteiger partial charge in [-0.15, -0.1) is 0 Å². The lowest BCUT2D eigenvalue weighted by molar-refractivity contribution is -0.270. The number of hydrogen-bond acceptors (Lipinski definition) is 3. The van der Waals surface area contributed by atoms with Gasteiger partial charge in [0.25, 0.3) is 0 Å². The Balaban J connectivity index is 2.57. The van der Waals surface area contributed by atoms with E-state index in [1.807, 2.05) is 0 Å². The number of anilines is 1. The highest BCUT2D eigenvalue weighted by Crippen LogP contribution is 2.44. The van der Waals surface area contributed by atoms with Gasteiger partial charge in [-0.25, -0.2) is 4.79 Å². The predicted octanol–water partition coefficient (Wildman–Crippen LogP) is 3.20. The molecule has 1 aromatic rings. The summed E-state index contributed by atoms with van der Waals surface area (Å²) in [6.07, 6.45) is 5.16. The third-order valence-electron chi connectivity index (χ3n) is 3.76. The largest absolute Gasteiger partial charge is 0.872 e. The predicted molar refractivity (Wildman–Crippen MR) is 73.2 cm³/mol. The third-order valence-corrected chi connectivity index (χ3v) is 4.06. The lowest BCUT2D eigenvalue weighted by atomic mass is 9.82. The summed E-state index contributed by atoms with van der Waals surface area (Å²) in [7, 11) is 1.70. The Morgan fingerprint density at radius 1 is 1.42 bits per heavy atom. The highest BCUT2D eigenvalue weighted by atomic mass is 35.5. The minimum atomic E-state index is -1.22. The number of nitrogens with one attached hydrogen (secondary N) is 1. The van der Waals surface area contributed by atoms with Gasteiger partial charge in [0.1, 0.15) is 0 Å². The van der Waals surface area contributed by atoms with E-state index < -0.39 is 11.7 Å². The van der Waals surface area contributed by atoms with E-state index in [1.54, 1.807) is 7.05 Å². The fourth-order valence-electron chi connectivity index (χ4n) is 2.85. The third kappa shape index (κ3) is 2.63. The van der Waals surface area contributed by atoms with Gasteiger partial charge >= 0.3 is 5.97 Å². The minimum Gasteiger partial charge on any atom is -0.872 e. The second kappa shape index (κ2) is 5.70. The molecule has 104 valence electrons. The van der Waals surface area contributed by atoms with Gasteiger partial charge in [-0.3, -0.25) is 0 Å². The number of benzene rings is 1. The Hall–Kier alpha value is -1.42. The summed E-state index contributed by atoms with van der Waals surface area (Å²) < 4.78 is 0. The van der Waals surface area contributed by atoms with Crippen LogP contribution in [0.3, 0.4) is 0 Å². The van der Waals surface area contributed by atoms with Gasteiger partial charge in [-0.1, -0.05) is 36.6 Å². The van der Waals surface area contributed by atoms with Gasteiger partial charge in [0.2, 0.25) is 0 Å². The van der Waals surface area contributed by atoms with Crippen LogP contribution < -0.4 is 10.4 Å². The first-order valence-corrected chi connectivity index (χ1v) is 6.88. The quantitative estimate of drug-likeness (QED) is 0.893. The SMILES string of the molecule is CNc1c(Cl)cc(C(=O)O)c([O-])c1C1CCCCC1. The first-order valence-electron chi connectivity index (χ1n) is 6.50. The maximum Gasteiger partial charge on any atom is 0.335 e. The highest BCUT2D eigenvalue weighted by molar-refractivity contribution is 6.34. The summed E-state index contributed by atoms with van der Waals surface area (Å²) in [5.74, 6) is -1.50. The average molecular weight is 283 g/mol. The lowest BCUT2D eigenvalue weighted by Crippen LogP contribution is -2.15. The Labute approximate surface area is 117 Å². The molecule has 19 heavy (non-hydrogen) atoms. The normalized spacial score (nSPS) is 16.3. The number of rotatable bonds is 3. The number of carbonyl (C=O) groups is 1. The van der Waals surface area contributed by atoms with Crippen molar-refractivity contribution in [2.75, 3.05) is 12.4 Å². The molecule has 0 aromatic heterocycles. The first kappa shape index (κ1) is 14.0. The highest BCUT2D eigenvalue weighted by Gasteiger charge is 2.23. The van der Waals surface area contributed by atoms with Crippen LogP contribution in [0.15, 0.2) is 6.07 Å². The van der Waals surface area contributed by atoms with Gasteiger partial charge in [0, 0.05) is 7.05 Å². The molecule has 2 rings (SSSR count). The molecule has 2 N–H and O–H groups in total. The molecule has 4 nitrogen and oxygen atoms in total. The average Bonchev–Trinajstić information content (AvgIpc) is 2.41. The number of halogens is 1. The van der Waals surface area contributed by atoms with Crippen molar-refractivity contribution in [2.24, 2.45) is 0 Å². The van der Waals surface area contributed by atoms with Gasteiger partial charge < -0.3 is 15.5 Å². The van der Waals surface area contributed by atoms with Crippen molar-refractivity contribution in [1.82, 2.24) is 0 Å². The Bertz CT molecular complexity index is 496. The fraction of sp³-hybridized carbons (Fsp3) is 0.500. The maximum absolute atomic E-state index is 12.4. The van der Waals surface area contributed by atoms with Crippen molar-refractivity contribution in [2.45, 2.75) is 38.0 Å². The van der Waals surface area contributed by atoms with E-state index in [1.165, 1.54) is 12.5 Å². The summed E-state index contributed by atoms with van der Waals surface area (Å²) in [5.41, 5.74) is 0.903. The van der Waals surface area contributed by atoms with Crippen LogP contribution in [0.4, 0.5) is 5.69 Å². The van der Waals surface area contributed by atoms with Crippen LogP contribution in [-0.2, 0) is 0 Å². The number of carboxylic acid groups (broad SMARTS) is 1. The van der Waals surface area contributed by atoms with Crippen LogP contribution in [0.5, 0.6) is 5.75 Å². The molecule has 5 heteroatoms. The number of aromatic carboxylic acids is 1. The van der Waals surface area contributed by atoms with Crippen LogP contribution in [0.25, 0.3) is 0 Å². The molecule has 1 aliphatic carbocycles. The van der Waals surface area contributed by atoms with Gasteiger partial charge in [-0.05, 0) is 30.4 Å². The zero-order chi connectivity index (χ0) is 14.0. The molecule has 0 heterocycles. The van der Waals surface area contributed by atoms with E-state index in [-0.39, 0.29) is 11.5 Å². The van der Waals surface area contributed by atoms with Crippen molar-refractivity contribution >= 4 is 23.3 Å². The molecule has 0 amide bonds. The number of carboxylic acids is 1. The molecule has 1 saturated carbocycles. The molecule has 0 saturated heterocycles. The second-order valence-electron chi connectivity index (χ2n) is 4.91. The van der Waals surface area contributed by atoms with Crippen molar-refractivity contribution in [3.63, 3.8) is 0 Å². The van der Waals surface area contributed by atoms with E-state index in [4.69, 9.17) is 16.7 Å². The van der Waals surface area contributed by atoms with E-state index in [0.717, 1.165) is 25.7 Å². The van der Waals surface area contributed by atoms with Crippen molar-refractivity contribution in [3.05, 3.63) is 22.2 Å². The van der Waals surface area contributed by atoms with Gasteiger partial charge in [0.15, 0.2) is 0 Å². The lowest BCUT2D eigenvalue weighted by Gasteiger charge is -2.30. The van der Waals surface area contributed by atoms with Crippen LogP contribution in [0.1, 0.15) is 53.9 Å². The van der Waals surface area contributed by atoms with Crippen molar-refractivity contribution < 1.29 is 15.0 Å². The van der Waals surface area contributed by atoms with Crippen molar-refractivity contribution in [1.29, 1.82) is 0 Å². The number of hydrogen-bond donors (Lipinski definition) is 2. The van der Waals surface area contributed by atoms with Crippen LogP contribution in [0.2, 0.25) is 5.02 Å². The first-order chi connectivity index (χ1) is 9.06. The van der Waals surface area contributed by atoms with Gasteiger partial charge in [0.05, 0.1) is 16.3 Å². The second-order valence-corrected chi connectivity index (χ2v) is 5.32. The molecule has 0 spiro atoms. The summed E-state index contributed by atoms with van der Waals surface area (Å²) in [4.78, 5) is 11.1. The smallest absolute Gasteiger partial charge is 0.335 e. The molecule has 1 aromatic carbocycles. The Morgan fingerprint density at radius 3 is 2.58 bits per heavy atom. The maximum atomic E-state index is 12.4.